The molecule has 2 aromatic carbocycles. The number of hydrogen-bond acceptors (Lipinski definition) is 1. The maximum Gasteiger partial charge on any atom is 0.255 e. The predicted molar refractivity (Wildman–Crippen MR) is 95.6 cm³/mol. The largest absolute Gasteiger partial charge is 0.328 e. The number of rotatable bonds is 3. The van der Waals surface area contributed by atoms with Crippen LogP contribution in [0.3, 0.4) is 0 Å². The third kappa shape index (κ3) is 3.84. The van der Waals surface area contributed by atoms with Crippen molar-refractivity contribution in [1.82, 2.24) is 4.90 Å². The number of nitrogens with zero attached hydrogens (tertiary/aromatic N) is 1. The Balaban J connectivity index is 1.60. The van der Waals surface area contributed by atoms with E-state index in [0.717, 1.165) is 32.7 Å². The van der Waals surface area contributed by atoms with Crippen LogP contribution in [-0.4, -0.2) is 37.0 Å². The molecule has 1 aliphatic heterocycles. The first-order valence-corrected chi connectivity index (χ1v) is 8.96. The van der Waals surface area contributed by atoms with E-state index in [-0.39, 0.29) is 11.7 Å². The number of aryl methyl sites for hydroxylation is 1. The molecule has 0 aromatic heterocycles. The Hall–Kier alpha value is -1.72. The van der Waals surface area contributed by atoms with Gasteiger partial charge in [-0.15, -0.1) is 0 Å². The van der Waals surface area contributed by atoms with Gasteiger partial charge in [0.05, 0.1) is 31.7 Å². The van der Waals surface area contributed by atoms with Crippen LogP contribution in [0.5, 0.6) is 0 Å². The Labute approximate surface area is 150 Å². The van der Waals surface area contributed by atoms with Gasteiger partial charge in [0.15, 0.2) is 0 Å². The molecule has 1 fully saturated rings. The highest BCUT2D eigenvalue weighted by Crippen LogP contribution is 2.19. The molecule has 5 heteroatoms. The second-order valence-corrected chi connectivity index (χ2v) is 7.12. The van der Waals surface area contributed by atoms with Crippen LogP contribution in [0.1, 0.15) is 21.5 Å². The van der Waals surface area contributed by atoms with E-state index >= 15 is 0 Å². The number of quaternary nitrogens is 1. The molecule has 0 bridgehead atoms. The number of benzene rings is 2. The molecule has 24 heavy (non-hydrogen) atoms. The first-order chi connectivity index (χ1) is 11.5. The lowest BCUT2D eigenvalue weighted by molar-refractivity contribution is -0.917. The molecule has 1 aliphatic rings. The van der Waals surface area contributed by atoms with Crippen LogP contribution in [0.25, 0.3) is 0 Å². The topological polar surface area (TPSA) is 24.8 Å². The number of carbonyl (C=O) groups is 1. The van der Waals surface area contributed by atoms with Crippen molar-refractivity contribution in [2.45, 2.75) is 13.5 Å². The van der Waals surface area contributed by atoms with Crippen LogP contribution < -0.4 is 4.90 Å². The molecule has 0 radical (unpaired) electrons. The summed E-state index contributed by atoms with van der Waals surface area (Å²) in [7, 11) is 0. The lowest BCUT2D eigenvalue weighted by atomic mass is 10.1. The summed E-state index contributed by atoms with van der Waals surface area (Å²) in [6.07, 6.45) is 0. The van der Waals surface area contributed by atoms with E-state index in [2.05, 4.69) is 47.1 Å². The molecule has 1 N–H and O–H groups in total. The van der Waals surface area contributed by atoms with E-state index < -0.39 is 0 Å². The highest BCUT2D eigenvalue weighted by molar-refractivity contribution is 9.10. The van der Waals surface area contributed by atoms with Gasteiger partial charge in [0.25, 0.3) is 5.91 Å². The first kappa shape index (κ1) is 17.1. The fourth-order valence-corrected chi connectivity index (χ4v) is 3.63. The monoisotopic (exact) mass is 391 g/mol. The molecular formula is C19H21BrFN2O+. The van der Waals surface area contributed by atoms with Gasteiger partial charge in [0.2, 0.25) is 0 Å². The highest BCUT2D eigenvalue weighted by atomic mass is 79.9. The summed E-state index contributed by atoms with van der Waals surface area (Å²) in [6.45, 7) is 6.45. The van der Waals surface area contributed by atoms with Crippen LogP contribution in [0.15, 0.2) is 46.9 Å². The Kier molecular flexibility index (Phi) is 5.31. The Morgan fingerprint density at radius 1 is 1.21 bits per heavy atom. The Morgan fingerprint density at radius 3 is 2.58 bits per heavy atom. The second-order valence-electron chi connectivity index (χ2n) is 6.27. The van der Waals surface area contributed by atoms with Crippen LogP contribution >= 0.6 is 15.9 Å². The molecule has 126 valence electrons. The zero-order chi connectivity index (χ0) is 17.1. The third-order valence-corrected chi connectivity index (χ3v) is 5.28. The van der Waals surface area contributed by atoms with Crippen LogP contribution in [-0.2, 0) is 6.54 Å². The van der Waals surface area contributed by atoms with Gasteiger partial charge in [-0.25, -0.2) is 4.39 Å². The summed E-state index contributed by atoms with van der Waals surface area (Å²) in [5.41, 5.74) is 3.21. The maximum absolute atomic E-state index is 13.2. The van der Waals surface area contributed by atoms with E-state index in [1.54, 1.807) is 6.07 Å². The minimum atomic E-state index is -0.342. The van der Waals surface area contributed by atoms with Crippen molar-refractivity contribution in [2.24, 2.45) is 0 Å². The van der Waals surface area contributed by atoms with Gasteiger partial charge in [-0.2, -0.15) is 0 Å². The zero-order valence-corrected chi connectivity index (χ0v) is 15.3. The third-order valence-electron chi connectivity index (χ3n) is 4.62. The number of hydrogen-bond donors (Lipinski definition) is 1. The van der Waals surface area contributed by atoms with Crippen molar-refractivity contribution in [3.05, 3.63) is 69.4 Å². The molecule has 3 rings (SSSR count). The number of halogens is 2. The van der Waals surface area contributed by atoms with E-state index in [0.29, 0.717) is 10.0 Å². The average molecular weight is 392 g/mol. The maximum atomic E-state index is 13.2. The molecule has 0 unspecified atom stereocenters. The van der Waals surface area contributed by atoms with Gasteiger partial charge in [0, 0.05) is 10.0 Å². The minimum Gasteiger partial charge on any atom is -0.328 e. The number of amides is 1. The highest BCUT2D eigenvalue weighted by Gasteiger charge is 2.26. The van der Waals surface area contributed by atoms with Gasteiger partial charge >= 0.3 is 0 Å². The molecule has 0 saturated carbocycles. The lowest BCUT2D eigenvalue weighted by Gasteiger charge is -2.32. The van der Waals surface area contributed by atoms with E-state index in [9.17, 15) is 9.18 Å². The van der Waals surface area contributed by atoms with Crippen molar-refractivity contribution in [1.29, 1.82) is 0 Å². The number of nitrogens with one attached hydrogen (secondary N) is 1. The zero-order valence-electron chi connectivity index (χ0n) is 13.7. The number of carbonyl (C=O) groups excluding carboxylic acids is 1. The van der Waals surface area contributed by atoms with Gasteiger partial charge in [-0.3, -0.25) is 4.79 Å². The normalized spacial score (nSPS) is 15.5. The van der Waals surface area contributed by atoms with Crippen molar-refractivity contribution in [3.63, 3.8) is 0 Å². The van der Waals surface area contributed by atoms with Gasteiger partial charge in [0.1, 0.15) is 12.4 Å². The van der Waals surface area contributed by atoms with Crippen molar-refractivity contribution in [2.75, 3.05) is 26.2 Å². The van der Waals surface area contributed by atoms with Crippen LogP contribution in [0.2, 0.25) is 0 Å². The minimum absolute atomic E-state index is 0.0307. The summed E-state index contributed by atoms with van der Waals surface area (Å²) in [5, 5.41) is 0. The number of piperazine rings is 1. The van der Waals surface area contributed by atoms with Crippen molar-refractivity contribution < 1.29 is 14.1 Å². The van der Waals surface area contributed by atoms with Gasteiger partial charge in [-0.05, 0) is 46.6 Å². The van der Waals surface area contributed by atoms with Crippen LogP contribution in [0.4, 0.5) is 4.39 Å². The van der Waals surface area contributed by atoms with E-state index in [4.69, 9.17) is 0 Å². The van der Waals surface area contributed by atoms with Crippen LogP contribution in [0, 0.1) is 12.7 Å². The second kappa shape index (κ2) is 7.45. The molecule has 0 spiro atoms. The summed E-state index contributed by atoms with van der Waals surface area (Å²) < 4.78 is 13.7. The lowest BCUT2D eigenvalue weighted by Crippen LogP contribution is -3.13. The first-order valence-electron chi connectivity index (χ1n) is 8.17. The van der Waals surface area contributed by atoms with Crippen molar-refractivity contribution >= 4 is 21.8 Å². The SMILES string of the molecule is Cc1ccccc1C[NH+]1CCN(C(=O)c2ccc(F)cc2Br)CC1. The fraction of sp³-hybridized carbons (Fsp3) is 0.316. The summed E-state index contributed by atoms with van der Waals surface area (Å²) in [6, 6.07) is 12.7. The Morgan fingerprint density at radius 2 is 1.92 bits per heavy atom. The standard InChI is InChI=1S/C19H20BrFN2O/c1-14-4-2-3-5-15(14)13-22-8-10-23(11-9-22)19(24)17-7-6-16(21)12-18(17)20/h2-7,12H,8-11,13H2,1H3/p+1. The summed E-state index contributed by atoms with van der Waals surface area (Å²) >= 11 is 3.29. The van der Waals surface area contributed by atoms with Crippen molar-refractivity contribution in [3.8, 4) is 0 Å². The fourth-order valence-electron chi connectivity index (χ4n) is 3.11. The molecule has 2 aromatic rings. The molecule has 0 aliphatic carbocycles. The Bertz CT molecular complexity index is 742. The molecule has 3 nitrogen and oxygen atoms in total. The molecular weight excluding hydrogens is 371 g/mol. The summed E-state index contributed by atoms with van der Waals surface area (Å²) in [5.74, 6) is -0.372. The quantitative estimate of drug-likeness (QED) is 0.853. The summed E-state index contributed by atoms with van der Waals surface area (Å²) in [4.78, 5) is 16.0. The van der Waals surface area contributed by atoms with Gasteiger partial charge in [-0.1, -0.05) is 24.3 Å². The van der Waals surface area contributed by atoms with E-state index in [1.165, 1.54) is 28.2 Å². The van der Waals surface area contributed by atoms with Gasteiger partial charge < -0.3 is 9.80 Å². The predicted octanol–water partition coefficient (Wildman–Crippen LogP) is 2.44. The molecule has 0 atom stereocenters. The average Bonchev–Trinajstić information content (AvgIpc) is 2.57. The molecule has 1 heterocycles. The smallest absolute Gasteiger partial charge is 0.255 e. The van der Waals surface area contributed by atoms with E-state index in [1.807, 2.05) is 4.90 Å². The molecule has 1 amide bonds. The molecule has 1 saturated heterocycles.